The molecule has 104 valence electrons. The number of hydrogen-bond donors (Lipinski definition) is 2. The second kappa shape index (κ2) is 7.20. The molecule has 6 heteroatoms. The molecule has 0 aliphatic carbocycles. The molecule has 0 bridgehead atoms. The molecule has 0 aromatic heterocycles. The van der Waals surface area contributed by atoms with E-state index in [1.807, 2.05) is 11.8 Å². The molecule has 3 N–H and O–H groups in total. The van der Waals surface area contributed by atoms with E-state index in [4.69, 9.17) is 10.9 Å². The molecule has 0 radical (unpaired) electrons. The van der Waals surface area contributed by atoms with Crippen molar-refractivity contribution in [3.05, 3.63) is 0 Å². The highest BCUT2D eigenvalue weighted by Crippen LogP contribution is 2.09. The predicted molar refractivity (Wildman–Crippen MR) is 70.5 cm³/mol. The van der Waals surface area contributed by atoms with Crippen LogP contribution in [-0.2, 0) is 4.79 Å². The van der Waals surface area contributed by atoms with Gasteiger partial charge in [0.05, 0.1) is 6.04 Å². The number of piperazine rings is 1. The van der Waals surface area contributed by atoms with Crippen LogP contribution in [0.2, 0.25) is 0 Å². The third-order valence-electron chi connectivity index (χ3n) is 3.50. The normalized spacial score (nSPS) is 19.9. The molecule has 1 amide bonds. The lowest BCUT2D eigenvalue weighted by Crippen LogP contribution is -2.54. The van der Waals surface area contributed by atoms with E-state index < -0.39 is 0 Å². The van der Waals surface area contributed by atoms with Crippen molar-refractivity contribution < 1.29 is 10.0 Å². The predicted octanol–water partition coefficient (Wildman–Crippen LogP) is 0.456. The van der Waals surface area contributed by atoms with E-state index in [-0.39, 0.29) is 17.8 Å². The van der Waals surface area contributed by atoms with Crippen molar-refractivity contribution in [3.63, 3.8) is 0 Å². The first-order valence-corrected chi connectivity index (χ1v) is 6.59. The summed E-state index contributed by atoms with van der Waals surface area (Å²) in [5, 5.41) is 11.7. The van der Waals surface area contributed by atoms with Gasteiger partial charge in [0, 0.05) is 32.6 Å². The monoisotopic (exact) mass is 256 g/mol. The number of nitrogens with zero attached hydrogens (tertiary/aromatic N) is 3. The number of nitrogens with two attached hydrogens (primary N) is 1. The zero-order valence-corrected chi connectivity index (χ0v) is 11.3. The van der Waals surface area contributed by atoms with Crippen molar-refractivity contribution in [1.29, 1.82) is 0 Å². The van der Waals surface area contributed by atoms with Crippen molar-refractivity contribution in [3.8, 4) is 0 Å². The number of amides is 1. The Labute approximate surface area is 108 Å². The van der Waals surface area contributed by atoms with E-state index in [2.05, 4.69) is 17.0 Å². The minimum Gasteiger partial charge on any atom is -0.409 e. The van der Waals surface area contributed by atoms with Crippen LogP contribution in [0.3, 0.4) is 0 Å². The average Bonchev–Trinajstić information content (AvgIpc) is 2.43. The van der Waals surface area contributed by atoms with Gasteiger partial charge in [-0.25, -0.2) is 0 Å². The largest absolute Gasteiger partial charge is 0.409 e. The maximum Gasteiger partial charge on any atom is 0.222 e. The van der Waals surface area contributed by atoms with Crippen LogP contribution in [0.25, 0.3) is 0 Å². The average molecular weight is 256 g/mol. The number of hydrogen-bond acceptors (Lipinski definition) is 4. The van der Waals surface area contributed by atoms with Gasteiger partial charge in [-0.1, -0.05) is 18.5 Å². The first-order chi connectivity index (χ1) is 8.60. The van der Waals surface area contributed by atoms with Gasteiger partial charge in [-0.2, -0.15) is 0 Å². The molecule has 1 heterocycles. The van der Waals surface area contributed by atoms with Crippen molar-refractivity contribution in [2.45, 2.75) is 39.2 Å². The Balaban J connectivity index is 2.39. The third-order valence-corrected chi connectivity index (χ3v) is 3.50. The van der Waals surface area contributed by atoms with Crippen LogP contribution in [-0.4, -0.2) is 59.0 Å². The van der Waals surface area contributed by atoms with Crippen molar-refractivity contribution in [2.75, 3.05) is 26.2 Å². The summed E-state index contributed by atoms with van der Waals surface area (Å²) in [5.41, 5.74) is 5.59. The van der Waals surface area contributed by atoms with Gasteiger partial charge in [-0.05, 0) is 13.3 Å². The Kier molecular flexibility index (Phi) is 5.91. The maximum atomic E-state index is 11.8. The minimum atomic E-state index is -0.0807. The van der Waals surface area contributed by atoms with E-state index in [0.29, 0.717) is 6.42 Å². The Morgan fingerprint density at radius 1 is 1.39 bits per heavy atom. The van der Waals surface area contributed by atoms with Crippen LogP contribution in [0.15, 0.2) is 5.16 Å². The topological polar surface area (TPSA) is 82.2 Å². The Bertz CT molecular complexity index is 298. The van der Waals surface area contributed by atoms with Gasteiger partial charge in [-0.15, -0.1) is 0 Å². The molecule has 1 aliphatic rings. The Hall–Kier alpha value is -1.30. The molecule has 0 spiro atoms. The summed E-state index contributed by atoms with van der Waals surface area (Å²) in [5.74, 6) is 0.466. The van der Waals surface area contributed by atoms with Crippen LogP contribution < -0.4 is 5.73 Å². The van der Waals surface area contributed by atoms with Gasteiger partial charge in [0.15, 0.2) is 5.84 Å². The van der Waals surface area contributed by atoms with Crippen LogP contribution in [0.5, 0.6) is 0 Å². The van der Waals surface area contributed by atoms with Crippen molar-refractivity contribution in [1.82, 2.24) is 9.80 Å². The molecule has 1 saturated heterocycles. The zero-order chi connectivity index (χ0) is 13.5. The smallest absolute Gasteiger partial charge is 0.222 e. The summed E-state index contributed by atoms with van der Waals surface area (Å²) in [7, 11) is 0. The number of carbonyl (C=O) groups is 1. The second-order valence-corrected chi connectivity index (χ2v) is 4.72. The fourth-order valence-electron chi connectivity index (χ4n) is 2.12. The molecule has 6 nitrogen and oxygen atoms in total. The maximum absolute atomic E-state index is 11.8. The molecular weight excluding hydrogens is 232 g/mol. The summed E-state index contributed by atoms with van der Waals surface area (Å²) >= 11 is 0. The fraction of sp³-hybridized carbons (Fsp3) is 0.833. The molecule has 1 atom stereocenters. The summed E-state index contributed by atoms with van der Waals surface area (Å²) in [6.07, 6.45) is 2.65. The first-order valence-electron chi connectivity index (χ1n) is 6.59. The van der Waals surface area contributed by atoms with Gasteiger partial charge in [0.2, 0.25) is 5.91 Å². The van der Waals surface area contributed by atoms with Crippen LogP contribution in [0.1, 0.15) is 33.1 Å². The molecule has 1 fully saturated rings. The number of carbonyl (C=O) groups excluding carboxylic acids is 1. The Morgan fingerprint density at radius 2 is 2.00 bits per heavy atom. The molecular formula is C12H24N4O2. The third kappa shape index (κ3) is 3.87. The van der Waals surface area contributed by atoms with E-state index in [9.17, 15) is 4.79 Å². The van der Waals surface area contributed by atoms with E-state index in [1.54, 1.807) is 0 Å². The van der Waals surface area contributed by atoms with E-state index in [0.717, 1.165) is 39.0 Å². The number of oxime groups is 1. The first kappa shape index (κ1) is 14.8. The summed E-state index contributed by atoms with van der Waals surface area (Å²) in [6, 6.07) is -0.0807. The molecule has 1 aliphatic heterocycles. The van der Waals surface area contributed by atoms with E-state index in [1.165, 1.54) is 0 Å². The minimum absolute atomic E-state index is 0.0807. The highest BCUT2D eigenvalue weighted by Gasteiger charge is 2.25. The van der Waals surface area contributed by atoms with Gasteiger partial charge in [-0.3, -0.25) is 9.69 Å². The molecule has 1 unspecified atom stereocenters. The van der Waals surface area contributed by atoms with Crippen molar-refractivity contribution in [2.24, 2.45) is 10.9 Å². The number of unbranched alkanes of at least 4 members (excludes halogenated alkanes) is 1. The van der Waals surface area contributed by atoms with Crippen LogP contribution in [0.4, 0.5) is 0 Å². The van der Waals surface area contributed by atoms with Crippen LogP contribution >= 0.6 is 0 Å². The summed E-state index contributed by atoms with van der Waals surface area (Å²) in [4.78, 5) is 15.9. The lowest BCUT2D eigenvalue weighted by Gasteiger charge is -2.37. The van der Waals surface area contributed by atoms with Gasteiger partial charge in [0.1, 0.15) is 0 Å². The van der Waals surface area contributed by atoms with Crippen molar-refractivity contribution >= 4 is 11.7 Å². The standard InChI is InChI=1S/C12H24N4O2/c1-3-4-5-11(17)16-8-6-15(7-9-16)10(2)12(13)14-18/h10,18H,3-9H2,1-2H3,(H2,13,14). The molecule has 0 aromatic carbocycles. The second-order valence-electron chi connectivity index (χ2n) is 4.72. The molecule has 0 saturated carbocycles. The highest BCUT2D eigenvalue weighted by atomic mass is 16.4. The zero-order valence-electron chi connectivity index (χ0n) is 11.3. The number of amidine groups is 1. The van der Waals surface area contributed by atoms with Gasteiger partial charge >= 0.3 is 0 Å². The summed E-state index contributed by atoms with van der Waals surface area (Å²) in [6.45, 7) is 7.00. The Morgan fingerprint density at radius 3 is 2.50 bits per heavy atom. The lowest BCUT2D eigenvalue weighted by atomic mass is 10.2. The van der Waals surface area contributed by atoms with Gasteiger partial charge < -0.3 is 15.8 Å². The SMILES string of the molecule is CCCCC(=O)N1CCN(C(C)C(N)=NO)CC1. The lowest BCUT2D eigenvalue weighted by molar-refractivity contribution is -0.133. The quantitative estimate of drug-likeness (QED) is 0.324. The molecule has 1 rings (SSSR count). The highest BCUT2D eigenvalue weighted by molar-refractivity contribution is 5.84. The molecule has 0 aromatic rings. The van der Waals surface area contributed by atoms with Gasteiger partial charge in [0.25, 0.3) is 0 Å². The summed E-state index contributed by atoms with van der Waals surface area (Å²) < 4.78 is 0. The number of rotatable bonds is 5. The molecule has 18 heavy (non-hydrogen) atoms. The van der Waals surface area contributed by atoms with E-state index >= 15 is 0 Å². The van der Waals surface area contributed by atoms with Crippen LogP contribution in [0, 0.1) is 0 Å². The fourth-order valence-corrected chi connectivity index (χ4v) is 2.12.